The van der Waals surface area contributed by atoms with Crippen molar-refractivity contribution >= 4 is 0 Å². The number of rotatable bonds is 7. The molecule has 0 atom stereocenters. The molecule has 1 aromatic carbocycles. The van der Waals surface area contributed by atoms with Gasteiger partial charge in [0, 0.05) is 0 Å². The van der Waals surface area contributed by atoms with Gasteiger partial charge in [0.15, 0.2) is 11.6 Å². The number of benzene rings is 1. The van der Waals surface area contributed by atoms with Crippen LogP contribution in [0.1, 0.15) is 95.5 Å². The molecule has 2 fully saturated rings. The Morgan fingerprint density at radius 2 is 1.44 bits per heavy atom. The van der Waals surface area contributed by atoms with Crippen molar-refractivity contribution in [3.05, 3.63) is 47.5 Å². The number of unbranched alkanes of at least 4 members (excludes halogenated alkanes) is 2. The van der Waals surface area contributed by atoms with Crippen molar-refractivity contribution in [3.63, 3.8) is 0 Å². The lowest BCUT2D eigenvalue weighted by Crippen LogP contribution is -2.15. The van der Waals surface area contributed by atoms with E-state index in [0.29, 0.717) is 11.8 Å². The lowest BCUT2D eigenvalue weighted by atomic mass is 9.77. The van der Waals surface area contributed by atoms with E-state index in [1.165, 1.54) is 76.3 Å². The molecule has 0 heterocycles. The lowest BCUT2D eigenvalue weighted by Gasteiger charge is -2.29. The van der Waals surface area contributed by atoms with E-state index in [9.17, 15) is 8.78 Å². The largest absolute Gasteiger partial charge is 0.204 e. The molecule has 0 bridgehead atoms. The van der Waals surface area contributed by atoms with Crippen LogP contribution in [0.3, 0.4) is 0 Å². The molecule has 0 saturated heterocycles. The highest BCUT2D eigenvalue weighted by atomic mass is 19.2. The lowest BCUT2D eigenvalue weighted by molar-refractivity contribution is 0.288. The van der Waals surface area contributed by atoms with E-state index >= 15 is 0 Å². The summed E-state index contributed by atoms with van der Waals surface area (Å²) in [6, 6.07) is 4.43. The molecule has 0 aliphatic heterocycles. The van der Waals surface area contributed by atoms with E-state index < -0.39 is 11.6 Å². The van der Waals surface area contributed by atoms with Crippen LogP contribution < -0.4 is 0 Å². The predicted molar refractivity (Wildman–Crippen MR) is 110 cm³/mol. The van der Waals surface area contributed by atoms with Crippen molar-refractivity contribution in [2.75, 3.05) is 0 Å². The summed E-state index contributed by atoms with van der Waals surface area (Å²) in [7, 11) is 0. The minimum atomic E-state index is -0.740. The maximum absolute atomic E-state index is 13.5. The molecule has 0 spiro atoms. The van der Waals surface area contributed by atoms with Crippen LogP contribution in [-0.2, 0) is 0 Å². The van der Waals surface area contributed by atoms with Crippen LogP contribution in [0.2, 0.25) is 0 Å². The van der Waals surface area contributed by atoms with Gasteiger partial charge in [-0.25, -0.2) is 8.78 Å². The molecular weight excluding hydrogens is 338 g/mol. The highest BCUT2D eigenvalue weighted by molar-refractivity contribution is 5.22. The first-order valence-corrected chi connectivity index (χ1v) is 11.3. The molecule has 2 aliphatic carbocycles. The first kappa shape index (κ1) is 20.6. The molecule has 0 amide bonds. The fraction of sp³-hybridized carbons (Fsp3) is 0.680. The molecule has 150 valence electrons. The van der Waals surface area contributed by atoms with Crippen LogP contribution in [0.4, 0.5) is 8.78 Å². The normalized spacial score (nSPS) is 29.3. The molecule has 1 aromatic rings. The molecule has 2 aliphatic rings. The van der Waals surface area contributed by atoms with Gasteiger partial charge in [0.1, 0.15) is 0 Å². The molecule has 0 unspecified atom stereocenters. The molecule has 0 N–H and O–H groups in total. The predicted octanol–water partition coefficient (Wildman–Crippen LogP) is 8.18. The standard InChI is InChI=1S/C25H36F2/c1-2-3-4-5-19-6-8-20(9-7-19)10-11-21-12-14-22(15-13-21)23-16-17-24(26)25(27)18-23/h10-11,16-22H,2-9,12-15H2,1H3/b11-10+. The van der Waals surface area contributed by atoms with Crippen LogP contribution in [0.25, 0.3) is 0 Å². The molecule has 2 saturated carbocycles. The summed E-state index contributed by atoms with van der Waals surface area (Å²) in [6.45, 7) is 2.28. The molecule has 0 radical (unpaired) electrons. The van der Waals surface area contributed by atoms with E-state index in [-0.39, 0.29) is 0 Å². The summed E-state index contributed by atoms with van der Waals surface area (Å²) in [5.41, 5.74) is 0.970. The van der Waals surface area contributed by atoms with E-state index in [1.54, 1.807) is 6.07 Å². The maximum atomic E-state index is 13.5. The molecule has 27 heavy (non-hydrogen) atoms. The molecule has 3 rings (SSSR count). The van der Waals surface area contributed by atoms with Crippen molar-refractivity contribution in [2.24, 2.45) is 17.8 Å². The average Bonchev–Trinajstić information content (AvgIpc) is 2.70. The Labute approximate surface area is 164 Å². The second-order valence-corrected chi connectivity index (χ2v) is 8.95. The van der Waals surface area contributed by atoms with E-state index in [0.717, 1.165) is 30.2 Å². The fourth-order valence-electron chi connectivity index (χ4n) is 5.08. The van der Waals surface area contributed by atoms with E-state index in [2.05, 4.69) is 19.1 Å². The summed E-state index contributed by atoms with van der Waals surface area (Å²) in [5, 5.41) is 0. The van der Waals surface area contributed by atoms with Gasteiger partial charge in [-0.3, -0.25) is 0 Å². The number of hydrogen-bond donors (Lipinski definition) is 0. The Morgan fingerprint density at radius 3 is 2.04 bits per heavy atom. The minimum absolute atomic E-state index is 0.392. The zero-order valence-electron chi connectivity index (χ0n) is 16.9. The van der Waals surface area contributed by atoms with Crippen LogP contribution in [-0.4, -0.2) is 0 Å². The third-order valence-electron chi connectivity index (χ3n) is 6.95. The topological polar surface area (TPSA) is 0 Å². The molecule has 2 heteroatoms. The number of halogens is 2. The summed E-state index contributed by atoms with van der Waals surface area (Å²) in [4.78, 5) is 0. The maximum Gasteiger partial charge on any atom is 0.159 e. The van der Waals surface area contributed by atoms with Crippen molar-refractivity contribution in [1.29, 1.82) is 0 Å². The Morgan fingerprint density at radius 1 is 0.815 bits per heavy atom. The van der Waals surface area contributed by atoms with Crippen LogP contribution in [0, 0.1) is 29.4 Å². The van der Waals surface area contributed by atoms with Crippen LogP contribution in [0.15, 0.2) is 30.4 Å². The SMILES string of the molecule is CCCCCC1CCC(/C=C/C2CCC(c3ccc(F)c(F)c3)CC2)CC1. The van der Waals surface area contributed by atoms with Crippen molar-refractivity contribution < 1.29 is 8.78 Å². The smallest absolute Gasteiger partial charge is 0.159 e. The van der Waals surface area contributed by atoms with Crippen LogP contribution >= 0.6 is 0 Å². The molecule has 0 nitrogen and oxygen atoms in total. The summed E-state index contributed by atoms with van der Waals surface area (Å²) < 4.78 is 26.6. The van der Waals surface area contributed by atoms with Gasteiger partial charge in [0.2, 0.25) is 0 Å². The number of hydrogen-bond acceptors (Lipinski definition) is 0. The van der Waals surface area contributed by atoms with Crippen LogP contribution in [0.5, 0.6) is 0 Å². The minimum Gasteiger partial charge on any atom is -0.204 e. The average molecular weight is 375 g/mol. The summed E-state index contributed by atoms with van der Waals surface area (Å²) in [5.74, 6) is 1.39. The zero-order chi connectivity index (χ0) is 19.1. The van der Waals surface area contributed by atoms with Gasteiger partial charge in [-0.05, 0) is 92.7 Å². The third kappa shape index (κ3) is 6.16. The van der Waals surface area contributed by atoms with Gasteiger partial charge in [-0.1, -0.05) is 50.8 Å². The summed E-state index contributed by atoms with van der Waals surface area (Å²) in [6.07, 6.45) is 20.7. The first-order chi connectivity index (χ1) is 13.2. The Kier molecular flexibility index (Phi) is 7.91. The van der Waals surface area contributed by atoms with Gasteiger partial charge in [-0.15, -0.1) is 0 Å². The van der Waals surface area contributed by atoms with E-state index in [4.69, 9.17) is 0 Å². The van der Waals surface area contributed by atoms with Gasteiger partial charge in [0.25, 0.3) is 0 Å². The third-order valence-corrected chi connectivity index (χ3v) is 6.95. The fourth-order valence-corrected chi connectivity index (χ4v) is 5.08. The van der Waals surface area contributed by atoms with Gasteiger partial charge in [0.05, 0.1) is 0 Å². The van der Waals surface area contributed by atoms with E-state index in [1.807, 2.05) is 0 Å². The second-order valence-electron chi connectivity index (χ2n) is 8.95. The summed E-state index contributed by atoms with van der Waals surface area (Å²) >= 11 is 0. The highest BCUT2D eigenvalue weighted by Crippen LogP contribution is 2.38. The Hall–Kier alpha value is -1.18. The number of allylic oxidation sites excluding steroid dienone is 2. The molecular formula is C25H36F2. The molecule has 0 aromatic heterocycles. The second kappa shape index (κ2) is 10.4. The Balaban J connectivity index is 1.38. The quantitative estimate of drug-likeness (QED) is 0.333. The van der Waals surface area contributed by atoms with Gasteiger partial charge in [-0.2, -0.15) is 0 Å². The van der Waals surface area contributed by atoms with Crippen molar-refractivity contribution in [3.8, 4) is 0 Å². The monoisotopic (exact) mass is 374 g/mol. The first-order valence-electron chi connectivity index (χ1n) is 11.3. The Bertz CT molecular complexity index is 590. The van der Waals surface area contributed by atoms with Gasteiger partial charge >= 0.3 is 0 Å². The zero-order valence-corrected chi connectivity index (χ0v) is 16.9. The van der Waals surface area contributed by atoms with Gasteiger partial charge < -0.3 is 0 Å². The van der Waals surface area contributed by atoms with Crippen molar-refractivity contribution in [2.45, 2.75) is 89.9 Å². The van der Waals surface area contributed by atoms with Crippen molar-refractivity contribution in [1.82, 2.24) is 0 Å². The highest BCUT2D eigenvalue weighted by Gasteiger charge is 2.23.